The van der Waals surface area contributed by atoms with Crippen LogP contribution in [0, 0.1) is 0 Å². The van der Waals surface area contributed by atoms with E-state index >= 15 is 0 Å². The van der Waals surface area contributed by atoms with Crippen LogP contribution in [0.5, 0.6) is 0 Å². The van der Waals surface area contributed by atoms with Gasteiger partial charge in [0.15, 0.2) is 5.69 Å². The van der Waals surface area contributed by atoms with Gasteiger partial charge in [-0.2, -0.15) is 0 Å². The first-order valence-electron chi connectivity index (χ1n) is 7.04. The molecule has 0 spiro atoms. The molecule has 0 atom stereocenters. The number of hydrogen-bond donors (Lipinski definition) is 1. The minimum Gasteiger partial charge on any atom is -0.476 e. The van der Waals surface area contributed by atoms with Gasteiger partial charge in [0.05, 0.1) is 11.4 Å². The lowest BCUT2D eigenvalue weighted by Crippen LogP contribution is -2.05. The maximum atomic E-state index is 11.1. The predicted molar refractivity (Wildman–Crippen MR) is 83.1 cm³/mol. The van der Waals surface area contributed by atoms with E-state index in [0.717, 1.165) is 16.8 Å². The lowest BCUT2D eigenvalue weighted by Gasteiger charge is -2.07. The van der Waals surface area contributed by atoms with Crippen molar-refractivity contribution in [3.63, 3.8) is 0 Å². The van der Waals surface area contributed by atoms with Gasteiger partial charge in [-0.25, -0.2) is 9.48 Å². The van der Waals surface area contributed by atoms with E-state index in [2.05, 4.69) is 10.3 Å². The molecule has 22 heavy (non-hydrogen) atoms. The molecule has 0 fully saturated rings. The third-order valence-electron chi connectivity index (χ3n) is 3.52. The largest absolute Gasteiger partial charge is 0.476 e. The van der Waals surface area contributed by atoms with Gasteiger partial charge in [-0.1, -0.05) is 54.6 Å². The lowest BCUT2D eigenvalue weighted by atomic mass is 10.1. The Morgan fingerprint density at radius 1 is 1.05 bits per heavy atom. The van der Waals surface area contributed by atoms with Crippen LogP contribution in [-0.4, -0.2) is 26.1 Å². The van der Waals surface area contributed by atoms with Gasteiger partial charge in [-0.15, -0.1) is 5.10 Å². The number of aromatic nitrogens is 3. The van der Waals surface area contributed by atoms with Gasteiger partial charge in [-0.05, 0) is 29.7 Å². The zero-order valence-electron chi connectivity index (χ0n) is 12.1. The van der Waals surface area contributed by atoms with Crippen LogP contribution in [0.2, 0.25) is 0 Å². The minimum absolute atomic E-state index is 0.00892. The van der Waals surface area contributed by atoms with Crippen molar-refractivity contribution in [3.05, 3.63) is 66.0 Å². The summed E-state index contributed by atoms with van der Waals surface area (Å²) in [7, 11) is 0. The molecule has 0 radical (unpaired) electrons. The highest BCUT2D eigenvalue weighted by molar-refractivity contribution is 5.86. The highest BCUT2D eigenvalue weighted by Crippen LogP contribution is 2.21. The number of carbonyl (C=O) groups is 1. The molecule has 0 aliphatic heterocycles. The summed E-state index contributed by atoms with van der Waals surface area (Å²) in [6.07, 6.45) is 0.551. The first kappa shape index (κ1) is 14.0. The number of carboxylic acid groups (broad SMARTS) is 1. The summed E-state index contributed by atoms with van der Waals surface area (Å²) < 4.78 is 1.58. The van der Waals surface area contributed by atoms with Gasteiger partial charge in [0.25, 0.3) is 0 Å². The Kier molecular flexibility index (Phi) is 3.70. The van der Waals surface area contributed by atoms with Crippen LogP contribution in [0.1, 0.15) is 23.1 Å². The summed E-state index contributed by atoms with van der Waals surface area (Å²) in [4.78, 5) is 11.1. The molecular weight excluding hydrogens is 278 g/mol. The van der Waals surface area contributed by atoms with Crippen LogP contribution in [0.15, 0.2) is 54.6 Å². The Bertz CT molecular complexity index is 793. The average Bonchev–Trinajstić information content (AvgIpc) is 3.00. The van der Waals surface area contributed by atoms with Crippen LogP contribution in [0.25, 0.3) is 16.8 Å². The Hall–Kier alpha value is -2.95. The molecular formula is C17H15N3O2. The third-order valence-corrected chi connectivity index (χ3v) is 3.52. The molecule has 0 aliphatic carbocycles. The topological polar surface area (TPSA) is 68.0 Å². The standard InChI is InChI=1S/C17H15N3O2/c1-2-15-16(17(21)22)18-19-20(15)14-10-8-13(9-11-14)12-6-4-3-5-7-12/h3-11H,2H2,1H3,(H,21,22). The van der Waals surface area contributed by atoms with Gasteiger partial charge in [0.1, 0.15) is 0 Å². The van der Waals surface area contributed by atoms with Gasteiger partial charge < -0.3 is 5.11 Å². The van der Waals surface area contributed by atoms with Crippen LogP contribution in [0.4, 0.5) is 0 Å². The van der Waals surface area contributed by atoms with Crippen molar-refractivity contribution in [2.45, 2.75) is 13.3 Å². The first-order valence-corrected chi connectivity index (χ1v) is 7.04. The number of aromatic carboxylic acids is 1. The van der Waals surface area contributed by atoms with E-state index in [1.807, 2.05) is 61.5 Å². The Morgan fingerprint density at radius 2 is 1.68 bits per heavy atom. The maximum Gasteiger partial charge on any atom is 0.358 e. The van der Waals surface area contributed by atoms with Crippen molar-refractivity contribution in [2.24, 2.45) is 0 Å². The molecule has 1 aromatic heterocycles. The van der Waals surface area contributed by atoms with Gasteiger partial charge in [0.2, 0.25) is 0 Å². The highest BCUT2D eigenvalue weighted by Gasteiger charge is 2.18. The lowest BCUT2D eigenvalue weighted by molar-refractivity contribution is 0.0689. The zero-order chi connectivity index (χ0) is 15.5. The van der Waals surface area contributed by atoms with Gasteiger partial charge >= 0.3 is 5.97 Å². The van der Waals surface area contributed by atoms with Gasteiger partial charge in [0, 0.05) is 0 Å². The van der Waals surface area contributed by atoms with Crippen LogP contribution in [-0.2, 0) is 6.42 Å². The fourth-order valence-electron chi connectivity index (χ4n) is 2.42. The monoisotopic (exact) mass is 293 g/mol. The number of carboxylic acids is 1. The summed E-state index contributed by atoms with van der Waals surface area (Å²) in [5.74, 6) is -1.05. The molecule has 3 rings (SSSR count). The first-order chi connectivity index (χ1) is 10.7. The van der Waals surface area contributed by atoms with E-state index in [0.29, 0.717) is 12.1 Å². The molecule has 0 bridgehead atoms. The molecule has 3 aromatic rings. The molecule has 0 amide bonds. The fourth-order valence-corrected chi connectivity index (χ4v) is 2.42. The van der Waals surface area contributed by atoms with Crippen molar-refractivity contribution in [2.75, 3.05) is 0 Å². The number of benzene rings is 2. The molecule has 0 unspecified atom stereocenters. The van der Waals surface area contributed by atoms with Crippen LogP contribution in [0.3, 0.4) is 0 Å². The van der Waals surface area contributed by atoms with Crippen molar-refractivity contribution < 1.29 is 9.90 Å². The van der Waals surface area contributed by atoms with Crippen molar-refractivity contribution >= 4 is 5.97 Å². The number of rotatable bonds is 4. The van der Waals surface area contributed by atoms with E-state index in [4.69, 9.17) is 5.11 Å². The second kappa shape index (κ2) is 5.81. The molecule has 1 N–H and O–H groups in total. The van der Waals surface area contributed by atoms with Crippen molar-refractivity contribution in [1.82, 2.24) is 15.0 Å². The van der Waals surface area contributed by atoms with Crippen LogP contribution >= 0.6 is 0 Å². The van der Waals surface area contributed by atoms with E-state index in [9.17, 15) is 4.79 Å². The van der Waals surface area contributed by atoms with Crippen LogP contribution < -0.4 is 0 Å². The van der Waals surface area contributed by atoms with E-state index < -0.39 is 5.97 Å². The average molecular weight is 293 g/mol. The molecule has 1 heterocycles. The van der Waals surface area contributed by atoms with Crippen molar-refractivity contribution in [1.29, 1.82) is 0 Å². The zero-order valence-corrected chi connectivity index (χ0v) is 12.1. The fraction of sp³-hybridized carbons (Fsp3) is 0.118. The summed E-state index contributed by atoms with van der Waals surface area (Å²) in [6.45, 7) is 1.89. The second-order valence-electron chi connectivity index (χ2n) is 4.87. The van der Waals surface area contributed by atoms with E-state index in [1.165, 1.54) is 0 Å². The number of hydrogen-bond acceptors (Lipinski definition) is 3. The molecule has 2 aromatic carbocycles. The number of nitrogens with zero attached hydrogens (tertiary/aromatic N) is 3. The molecule has 110 valence electrons. The van der Waals surface area contributed by atoms with Crippen molar-refractivity contribution in [3.8, 4) is 16.8 Å². The molecule has 5 nitrogen and oxygen atoms in total. The van der Waals surface area contributed by atoms with Gasteiger partial charge in [-0.3, -0.25) is 0 Å². The highest BCUT2D eigenvalue weighted by atomic mass is 16.4. The Balaban J connectivity index is 1.99. The molecule has 0 saturated heterocycles. The van der Waals surface area contributed by atoms with E-state index in [1.54, 1.807) is 4.68 Å². The summed E-state index contributed by atoms with van der Waals surface area (Å²) in [5, 5.41) is 16.9. The second-order valence-corrected chi connectivity index (χ2v) is 4.87. The maximum absolute atomic E-state index is 11.1. The third kappa shape index (κ3) is 2.48. The summed E-state index contributed by atoms with van der Waals surface area (Å²) in [6, 6.07) is 17.9. The smallest absolute Gasteiger partial charge is 0.358 e. The quantitative estimate of drug-likeness (QED) is 0.802. The van der Waals surface area contributed by atoms with E-state index in [-0.39, 0.29) is 5.69 Å². The minimum atomic E-state index is -1.05. The molecule has 5 heteroatoms. The summed E-state index contributed by atoms with van der Waals surface area (Å²) in [5.41, 5.74) is 3.64. The summed E-state index contributed by atoms with van der Waals surface area (Å²) >= 11 is 0. The Labute approximate surface area is 127 Å². The molecule has 0 saturated carbocycles. The molecule has 0 aliphatic rings. The SMILES string of the molecule is CCc1c(C(=O)O)nnn1-c1ccc(-c2ccccc2)cc1. The predicted octanol–water partition coefficient (Wildman–Crippen LogP) is 3.19. The normalized spacial score (nSPS) is 10.6. The Morgan fingerprint density at radius 3 is 2.27 bits per heavy atom.